The Morgan fingerprint density at radius 2 is 1.20 bits per heavy atom. The molecule has 1 atom stereocenters. The number of carbonyl (C=O) groups is 1. The van der Waals surface area contributed by atoms with Crippen molar-refractivity contribution in [3.05, 3.63) is 95.1 Å². The van der Waals surface area contributed by atoms with E-state index in [-0.39, 0.29) is 6.03 Å². The average molecular weight is 401 g/mol. The lowest BCUT2D eigenvalue weighted by molar-refractivity contribution is -0.00251. The number of anilines is 2. The molecule has 1 saturated heterocycles. The molecule has 0 bridgehead atoms. The average Bonchev–Trinajstić information content (AvgIpc) is 2.86. The molecule has 4 heteroatoms. The minimum Gasteiger partial charge on any atom is -0.365 e. The van der Waals surface area contributed by atoms with E-state index in [9.17, 15) is 9.90 Å². The highest BCUT2D eigenvalue weighted by Gasteiger charge is 2.64. The van der Waals surface area contributed by atoms with Gasteiger partial charge < -0.3 is 5.11 Å². The first-order valence-corrected chi connectivity index (χ1v) is 10.2. The van der Waals surface area contributed by atoms with Gasteiger partial charge in [0, 0.05) is 16.9 Å². The Hall–Kier alpha value is -3.11. The lowest BCUT2D eigenvalue weighted by Gasteiger charge is -2.43. The summed E-state index contributed by atoms with van der Waals surface area (Å²) in [5, 5.41) is 12.3. The summed E-state index contributed by atoms with van der Waals surface area (Å²) in [5.74, 6) is 0. The van der Waals surface area contributed by atoms with Gasteiger partial charge in [-0.15, -0.1) is 0 Å². The third-order valence-electron chi connectivity index (χ3n) is 6.12. The highest BCUT2D eigenvalue weighted by atomic mass is 16.3. The topological polar surface area (TPSA) is 43.8 Å². The van der Waals surface area contributed by atoms with Crippen LogP contribution >= 0.6 is 0 Å². The molecule has 3 aromatic carbocycles. The van der Waals surface area contributed by atoms with Crippen molar-refractivity contribution in [3.63, 3.8) is 0 Å². The largest absolute Gasteiger partial charge is 0.365 e. The van der Waals surface area contributed by atoms with Crippen molar-refractivity contribution in [1.29, 1.82) is 0 Å². The monoisotopic (exact) mass is 400 g/mol. The summed E-state index contributed by atoms with van der Waals surface area (Å²) in [7, 11) is 0. The number of nitrogens with zero attached hydrogens (tertiary/aromatic N) is 2. The van der Waals surface area contributed by atoms with E-state index in [0.717, 1.165) is 22.4 Å². The molecule has 0 aliphatic carbocycles. The van der Waals surface area contributed by atoms with Crippen molar-refractivity contribution in [2.45, 2.75) is 45.9 Å². The zero-order valence-electron chi connectivity index (χ0n) is 18.2. The fourth-order valence-electron chi connectivity index (χ4n) is 4.37. The Labute approximate surface area is 178 Å². The van der Waals surface area contributed by atoms with Gasteiger partial charge in [0.05, 0.1) is 5.54 Å². The lowest BCUT2D eigenvalue weighted by atomic mass is 9.83. The number of rotatable bonds is 3. The molecule has 4 nitrogen and oxygen atoms in total. The molecule has 0 aromatic heterocycles. The van der Waals surface area contributed by atoms with E-state index in [1.165, 1.54) is 4.90 Å². The number of benzene rings is 3. The molecule has 3 aromatic rings. The Morgan fingerprint density at radius 3 is 1.70 bits per heavy atom. The van der Waals surface area contributed by atoms with Crippen molar-refractivity contribution < 1.29 is 9.90 Å². The minimum atomic E-state index is -1.56. The van der Waals surface area contributed by atoms with Crippen LogP contribution in [0, 0.1) is 20.8 Å². The zero-order valence-corrected chi connectivity index (χ0v) is 18.2. The van der Waals surface area contributed by atoms with Gasteiger partial charge in [-0.25, -0.2) is 4.79 Å². The van der Waals surface area contributed by atoms with Crippen LogP contribution in [0.1, 0.15) is 36.1 Å². The van der Waals surface area contributed by atoms with E-state index in [1.54, 1.807) is 4.90 Å². The number of aryl methyl sites for hydroxylation is 3. The van der Waals surface area contributed by atoms with Crippen molar-refractivity contribution in [2.75, 3.05) is 9.80 Å². The Balaban J connectivity index is 1.97. The van der Waals surface area contributed by atoms with E-state index in [2.05, 4.69) is 0 Å². The number of hydrogen-bond acceptors (Lipinski definition) is 2. The van der Waals surface area contributed by atoms with Gasteiger partial charge in [-0.05, 0) is 58.9 Å². The van der Waals surface area contributed by atoms with Crippen molar-refractivity contribution in [2.24, 2.45) is 0 Å². The van der Waals surface area contributed by atoms with Crippen LogP contribution in [-0.2, 0) is 5.72 Å². The molecule has 30 heavy (non-hydrogen) atoms. The molecule has 0 radical (unpaired) electrons. The first kappa shape index (κ1) is 20.2. The van der Waals surface area contributed by atoms with Crippen LogP contribution in [0.15, 0.2) is 72.8 Å². The number of carbonyl (C=O) groups excluding carboxylic acids is 1. The summed E-state index contributed by atoms with van der Waals surface area (Å²) < 4.78 is 0. The smallest absolute Gasteiger partial charge is 0.332 e. The molecule has 4 rings (SSSR count). The summed E-state index contributed by atoms with van der Waals surface area (Å²) in [5.41, 5.74) is 2.87. The van der Waals surface area contributed by atoms with Gasteiger partial charge >= 0.3 is 6.03 Å². The molecular weight excluding hydrogens is 372 g/mol. The fraction of sp³-hybridized carbons (Fsp3) is 0.269. The van der Waals surface area contributed by atoms with Crippen LogP contribution in [0.25, 0.3) is 0 Å². The van der Waals surface area contributed by atoms with E-state index in [0.29, 0.717) is 11.3 Å². The number of amides is 2. The molecule has 2 amide bonds. The normalized spacial score (nSPS) is 20.7. The van der Waals surface area contributed by atoms with Crippen molar-refractivity contribution in [1.82, 2.24) is 0 Å². The molecular formula is C26H28N2O2. The molecule has 1 heterocycles. The van der Waals surface area contributed by atoms with Crippen LogP contribution in [0.4, 0.5) is 16.2 Å². The van der Waals surface area contributed by atoms with Crippen LogP contribution < -0.4 is 9.80 Å². The van der Waals surface area contributed by atoms with Crippen LogP contribution in [-0.4, -0.2) is 16.7 Å². The van der Waals surface area contributed by atoms with Gasteiger partial charge in [-0.2, -0.15) is 0 Å². The summed E-state index contributed by atoms with van der Waals surface area (Å²) in [6, 6.07) is 23.0. The number of urea groups is 1. The van der Waals surface area contributed by atoms with E-state index < -0.39 is 11.3 Å². The predicted molar refractivity (Wildman–Crippen MR) is 122 cm³/mol. The Kier molecular flexibility index (Phi) is 4.70. The fourth-order valence-corrected chi connectivity index (χ4v) is 4.37. The SMILES string of the molecule is Cc1ccc(N2C(=O)N(c3ccc(C)cc3)C(O)(c3cccc(C)c3)C2(C)C)cc1. The molecule has 0 spiro atoms. The predicted octanol–water partition coefficient (Wildman–Crippen LogP) is 5.68. The van der Waals surface area contributed by atoms with Gasteiger partial charge in [0.15, 0.2) is 5.72 Å². The highest BCUT2D eigenvalue weighted by Crippen LogP contribution is 2.50. The molecule has 1 aliphatic rings. The number of aliphatic hydroxyl groups is 1. The van der Waals surface area contributed by atoms with Gasteiger partial charge in [-0.3, -0.25) is 9.80 Å². The summed E-state index contributed by atoms with van der Waals surface area (Å²) in [6.07, 6.45) is 0. The maximum Gasteiger partial charge on any atom is 0.332 e. The molecule has 1 N–H and O–H groups in total. The second-order valence-electron chi connectivity index (χ2n) is 8.73. The second-order valence-corrected chi connectivity index (χ2v) is 8.73. The highest BCUT2D eigenvalue weighted by molar-refractivity contribution is 6.09. The first-order valence-electron chi connectivity index (χ1n) is 10.2. The molecule has 154 valence electrons. The van der Waals surface area contributed by atoms with Crippen molar-refractivity contribution in [3.8, 4) is 0 Å². The minimum absolute atomic E-state index is 0.253. The Bertz CT molecular complexity index is 1090. The van der Waals surface area contributed by atoms with E-state index in [4.69, 9.17) is 0 Å². The van der Waals surface area contributed by atoms with Crippen LogP contribution in [0.3, 0.4) is 0 Å². The Morgan fingerprint density at radius 1 is 0.700 bits per heavy atom. The number of hydrogen-bond donors (Lipinski definition) is 1. The maximum absolute atomic E-state index is 13.9. The summed E-state index contributed by atoms with van der Waals surface area (Å²) >= 11 is 0. The quantitative estimate of drug-likeness (QED) is 0.614. The molecule has 1 fully saturated rings. The standard InChI is InChI=1S/C26H28N2O2/c1-18-9-13-22(14-10-18)27-24(29)28(23-15-11-19(2)12-16-23)26(30,25(27,4)5)21-8-6-7-20(3)17-21/h6-17,30H,1-5H3. The van der Waals surface area contributed by atoms with Crippen molar-refractivity contribution >= 4 is 17.4 Å². The van der Waals surface area contributed by atoms with Crippen LogP contribution in [0.2, 0.25) is 0 Å². The second kappa shape index (κ2) is 6.99. The summed E-state index contributed by atoms with van der Waals surface area (Å²) in [4.78, 5) is 17.1. The van der Waals surface area contributed by atoms with Gasteiger partial charge in [0.25, 0.3) is 0 Å². The van der Waals surface area contributed by atoms with E-state index in [1.807, 2.05) is 107 Å². The third-order valence-corrected chi connectivity index (χ3v) is 6.12. The van der Waals surface area contributed by atoms with E-state index >= 15 is 0 Å². The van der Waals surface area contributed by atoms with Gasteiger partial charge in [0.1, 0.15) is 0 Å². The first-order chi connectivity index (χ1) is 14.2. The molecule has 1 aliphatic heterocycles. The van der Waals surface area contributed by atoms with Gasteiger partial charge in [-0.1, -0.05) is 65.2 Å². The third kappa shape index (κ3) is 2.91. The summed E-state index contributed by atoms with van der Waals surface area (Å²) in [6.45, 7) is 9.85. The zero-order chi connectivity index (χ0) is 21.7. The van der Waals surface area contributed by atoms with Gasteiger partial charge in [0.2, 0.25) is 0 Å². The lowest BCUT2D eigenvalue weighted by Crippen LogP contribution is -2.56. The maximum atomic E-state index is 13.9. The van der Waals surface area contributed by atoms with Crippen LogP contribution in [0.5, 0.6) is 0 Å². The molecule has 0 saturated carbocycles. The molecule has 1 unspecified atom stereocenters.